The number of benzene rings is 2. The summed E-state index contributed by atoms with van der Waals surface area (Å²) in [5, 5.41) is 12.7. The number of aryl methyl sites for hydroxylation is 1. The molecule has 0 fully saturated rings. The third-order valence-electron chi connectivity index (χ3n) is 5.99. The van der Waals surface area contributed by atoms with Gasteiger partial charge in [0, 0.05) is 27.4 Å². The molecule has 2 atom stereocenters. The summed E-state index contributed by atoms with van der Waals surface area (Å²) in [4.78, 5) is 17.2. The molecule has 4 N–H and O–H groups in total. The topological polar surface area (TPSA) is 110 Å². The predicted molar refractivity (Wildman–Crippen MR) is 144 cm³/mol. The summed E-state index contributed by atoms with van der Waals surface area (Å²) < 4.78 is 81.7. The smallest absolute Gasteiger partial charge is 0.402 e. The summed E-state index contributed by atoms with van der Waals surface area (Å²) in [6.45, 7) is 0.912. The van der Waals surface area contributed by atoms with E-state index in [1.807, 2.05) is 0 Å². The predicted octanol–water partition coefficient (Wildman–Crippen LogP) is 4.71. The van der Waals surface area contributed by atoms with Crippen molar-refractivity contribution in [3.05, 3.63) is 76.9 Å². The minimum absolute atomic E-state index is 0.105. The van der Waals surface area contributed by atoms with Gasteiger partial charge in [0.05, 0.1) is 47.6 Å². The van der Waals surface area contributed by atoms with E-state index in [9.17, 15) is 31.7 Å². The molecule has 0 aliphatic heterocycles. The van der Waals surface area contributed by atoms with Crippen molar-refractivity contribution in [2.24, 2.45) is 10.7 Å². The molecule has 40 heavy (non-hydrogen) atoms. The lowest BCUT2D eigenvalue weighted by Gasteiger charge is -2.17. The Morgan fingerprint density at radius 3 is 2.45 bits per heavy atom. The van der Waals surface area contributed by atoms with Crippen LogP contribution in [0.5, 0.6) is 0 Å². The normalized spacial score (nSPS) is 14.4. The lowest BCUT2D eigenvalue weighted by Crippen LogP contribution is -2.31. The molecule has 1 heterocycles. The first-order chi connectivity index (χ1) is 18.9. The number of nitrogens with one attached hydrogen (secondary N) is 1. The third kappa shape index (κ3) is 7.33. The molecular formula is C27H29F5N4O3S. The number of aliphatic imine (C=N–C) groups is 1. The highest BCUT2D eigenvalue weighted by Gasteiger charge is 2.34. The van der Waals surface area contributed by atoms with E-state index < -0.39 is 60.3 Å². The van der Waals surface area contributed by atoms with Gasteiger partial charge in [-0.25, -0.2) is 8.78 Å². The molecule has 0 aliphatic rings. The van der Waals surface area contributed by atoms with Crippen LogP contribution >= 0.6 is 0 Å². The summed E-state index contributed by atoms with van der Waals surface area (Å²) in [5.41, 5.74) is 4.53. The van der Waals surface area contributed by atoms with Crippen LogP contribution < -0.4 is 11.1 Å². The van der Waals surface area contributed by atoms with Crippen molar-refractivity contribution in [3.63, 3.8) is 0 Å². The van der Waals surface area contributed by atoms with Crippen LogP contribution in [0.25, 0.3) is 10.9 Å². The van der Waals surface area contributed by atoms with Crippen molar-refractivity contribution in [1.82, 2.24) is 9.88 Å². The highest BCUT2D eigenvalue weighted by molar-refractivity contribution is 7.85. The zero-order chi connectivity index (χ0) is 29.6. The molecule has 13 heteroatoms. The van der Waals surface area contributed by atoms with Crippen LogP contribution in [0, 0.1) is 5.82 Å². The number of aliphatic hydroxyl groups is 1. The molecule has 0 saturated heterocycles. The van der Waals surface area contributed by atoms with Gasteiger partial charge in [0.15, 0.2) is 0 Å². The van der Waals surface area contributed by atoms with Crippen LogP contribution in [-0.4, -0.2) is 50.7 Å². The Morgan fingerprint density at radius 2 is 1.90 bits per heavy atom. The van der Waals surface area contributed by atoms with Gasteiger partial charge in [-0.2, -0.15) is 13.2 Å². The number of carbonyl (C=O) groups excluding carboxylic acids is 1. The maximum absolute atomic E-state index is 15.1. The van der Waals surface area contributed by atoms with Gasteiger partial charge >= 0.3 is 6.18 Å². The molecule has 2 aromatic carbocycles. The second-order valence-corrected chi connectivity index (χ2v) is 10.6. The number of carbonyl (C=O) groups is 1. The third-order valence-corrected chi connectivity index (χ3v) is 7.31. The number of amides is 1. The Balaban J connectivity index is 1.94. The maximum Gasteiger partial charge on any atom is 0.432 e. The molecule has 0 spiro atoms. The Labute approximate surface area is 230 Å². The van der Waals surface area contributed by atoms with E-state index in [2.05, 4.69) is 10.3 Å². The molecule has 3 aromatic rings. The number of hydrogen-bond donors (Lipinski definition) is 3. The second-order valence-electron chi connectivity index (χ2n) is 8.87. The fourth-order valence-corrected chi connectivity index (χ4v) is 4.86. The Bertz CT molecular complexity index is 1450. The second kappa shape index (κ2) is 13.2. The standard InChI is InChI=1S/C27H29F5N4O3S/c1-3-40(39)20-6-4-17(5-7-20)23(15-37)35-26(38)21-12-18-11-19(36(9-8-28)24(18)13-22(21)29)14-34-25(10-16(2)33)27(30,31)32/h4-7,10-13,23,37H,3,8-9,14-15,33H2,1-2H3,(H,35,38). The average molecular weight is 585 g/mol. The monoisotopic (exact) mass is 584 g/mol. The number of nitrogens with zero attached hydrogens (tertiary/aromatic N) is 2. The quantitative estimate of drug-likeness (QED) is 0.224. The SMILES string of the molecule is CCS(=O)c1ccc(C(CO)NC(=O)c2cc3cc(CN=C(C=C(C)N)C(F)(F)F)n(CCF)c3cc2F)cc1. The first kappa shape index (κ1) is 31.0. The molecule has 1 amide bonds. The zero-order valence-corrected chi connectivity index (χ0v) is 22.6. The number of halogens is 5. The summed E-state index contributed by atoms with van der Waals surface area (Å²) in [6, 6.07) is 9.16. The maximum atomic E-state index is 15.1. The van der Waals surface area contributed by atoms with Crippen molar-refractivity contribution in [3.8, 4) is 0 Å². The minimum Gasteiger partial charge on any atom is -0.402 e. The first-order valence-corrected chi connectivity index (χ1v) is 13.5. The molecule has 0 radical (unpaired) electrons. The number of aliphatic hydroxyl groups excluding tert-OH is 1. The largest absolute Gasteiger partial charge is 0.432 e. The van der Waals surface area contributed by atoms with Gasteiger partial charge in [-0.1, -0.05) is 19.1 Å². The molecule has 0 saturated carbocycles. The van der Waals surface area contributed by atoms with E-state index in [0.29, 0.717) is 22.3 Å². The van der Waals surface area contributed by atoms with E-state index in [1.54, 1.807) is 31.2 Å². The van der Waals surface area contributed by atoms with E-state index in [-0.39, 0.29) is 34.4 Å². The van der Waals surface area contributed by atoms with Gasteiger partial charge in [0.25, 0.3) is 5.91 Å². The van der Waals surface area contributed by atoms with Crippen molar-refractivity contribution in [2.75, 3.05) is 19.0 Å². The number of allylic oxidation sites excluding steroid dienone is 2. The minimum atomic E-state index is -4.77. The molecule has 3 rings (SSSR count). The van der Waals surface area contributed by atoms with Gasteiger partial charge in [-0.3, -0.25) is 14.0 Å². The van der Waals surface area contributed by atoms with E-state index in [4.69, 9.17) is 5.73 Å². The average Bonchev–Trinajstić information content (AvgIpc) is 3.24. The molecule has 2 unspecified atom stereocenters. The van der Waals surface area contributed by atoms with E-state index in [0.717, 1.165) is 6.07 Å². The molecule has 0 aliphatic carbocycles. The summed E-state index contributed by atoms with van der Waals surface area (Å²) >= 11 is 0. The highest BCUT2D eigenvalue weighted by Crippen LogP contribution is 2.26. The van der Waals surface area contributed by atoms with E-state index in [1.165, 1.54) is 23.6 Å². The van der Waals surface area contributed by atoms with Crippen LogP contribution in [0.1, 0.15) is 41.5 Å². The molecule has 7 nitrogen and oxygen atoms in total. The summed E-state index contributed by atoms with van der Waals surface area (Å²) in [7, 11) is -1.18. The van der Waals surface area contributed by atoms with Crippen LogP contribution in [0.4, 0.5) is 22.0 Å². The van der Waals surface area contributed by atoms with Gasteiger partial charge in [-0.05, 0) is 48.9 Å². The van der Waals surface area contributed by atoms with Crippen LogP contribution in [0.15, 0.2) is 64.1 Å². The molecule has 1 aromatic heterocycles. The Kier molecular flexibility index (Phi) is 10.2. The first-order valence-electron chi connectivity index (χ1n) is 12.2. The van der Waals surface area contributed by atoms with E-state index >= 15 is 4.39 Å². The molecular weight excluding hydrogens is 555 g/mol. The molecule has 216 valence electrons. The Hall–Kier alpha value is -3.58. The zero-order valence-electron chi connectivity index (χ0n) is 21.8. The number of rotatable bonds is 11. The number of alkyl halides is 4. The van der Waals surface area contributed by atoms with Gasteiger partial charge < -0.3 is 20.7 Å². The number of aromatic nitrogens is 1. The van der Waals surface area contributed by atoms with Gasteiger partial charge in [0.2, 0.25) is 0 Å². The van der Waals surface area contributed by atoms with Gasteiger partial charge in [0.1, 0.15) is 18.2 Å². The Morgan fingerprint density at radius 1 is 1.23 bits per heavy atom. The fraction of sp³-hybridized carbons (Fsp3) is 0.333. The van der Waals surface area contributed by atoms with Crippen molar-refractivity contribution in [1.29, 1.82) is 0 Å². The number of fused-ring (bicyclic) bond motifs is 1. The molecule has 0 bridgehead atoms. The summed E-state index contributed by atoms with van der Waals surface area (Å²) in [5.74, 6) is -1.36. The van der Waals surface area contributed by atoms with Crippen molar-refractivity contribution < 1.29 is 36.1 Å². The van der Waals surface area contributed by atoms with Crippen LogP contribution in [0.2, 0.25) is 0 Å². The lowest BCUT2D eigenvalue weighted by molar-refractivity contribution is -0.0579. The summed E-state index contributed by atoms with van der Waals surface area (Å²) in [6.07, 6.45) is -4.09. The van der Waals surface area contributed by atoms with Crippen LogP contribution in [-0.2, 0) is 23.9 Å². The van der Waals surface area contributed by atoms with Crippen molar-refractivity contribution in [2.45, 2.75) is 44.1 Å². The number of hydrogen-bond acceptors (Lipinski definition) is 5. The fourth-order valence-electron chi connectivity index (χ4n) is 4.08. The van der Waals surface area contributed by atoms with Crippen molar-refractivity contribution >= 4 is 33.3 Å². The lowest BCUT2D eigenvalue weighted by atomic mass is 10.1. The van der Waals surface area contributed by atoms with Gasteiger partial charge in [-0.15, -0.1) is 0 Å². The highest BCUT2D eigenvalue weighted by atomic mass is 32.2. The number of nitrogens with two attached hydrogens (primary N) is 1. The van der Waals surface area contributed by atoms with Crippen LogP contribution in [0.3, 0.4) is 0 Å².